The van der Waals surface area contributed by atoms with Gasteiger partial charge in [0.1, 0.15) is 0 Å². The van der Waals surface area contributed by atoms with E-state index in [-0.39, 0.29) is 18.5 Å². The van der Waals surface area contributed by atoms with Crippen molar-refractivity contribution in [1.82, 2.24) is 0 Å². The zero-order chi connectivity index (χ0) is 9.56. The fourth-order valence-corrected chi connectivity index (χ4v) is 0.567. The lowest BCUT2D eigenvalue weighted by Crippen LogP contribution is -2.10. The Balaban J connectivity index is 3.44. The van der Waals surface area contributed by atoms with Gasteiger partial charge in [-0.2, -0.15) is 0 Å². The van der Waals surface area contributed by atoms with Crippen LogP contribution in [0.25, 0.3) is 0 Å². The normalized spacial score (nSPS) is 12.2. The number of carbonyl (C=O) groups excluding carboxylic acids is 1. The van der Waals surface area contributed by atoms with Crippen LogP contribution in [0.1, 0.15) is 20.3 Å². The molecule has 0 aromatic carbocycles. The van der Waals surface area contributed by atoms with Gasteiger partial charge in [-0.05, 0) is 19.3 Å². The van der Waals surface area contributed by atoms with E-state index in [9.17, 15) is 4.79 Å². The van der Waals surface area contributed by atoms with E-state index >= 15 is 0 Å². The van der Waals surface area contributed by atoms with E-state index < -0.39 is 0 Å². The van der Waals surface area contributed by atoms with Gasteiger partial charge in [-0.3, -0.25) is 0 Å². The second kappa shape index (κ2) is 5.77. The molecule has 0 spiro atoms. The number of aliphatic hydroxyl groups is 1. The van der Waals surface area contributed by atoms with Crippen LogP contribution in [0.5, 0.6) is 0 Å². The van der Waals surface area contributed by atoms with Crippen molar-refractivity contribution in [1.29, 1.82) is 0 Å². The predicted octanol–water partition coefficient (Wildman–Crippen LogP) is 1.12. The molecule has 0 rings (SSSR count). The molecule has 0 aromatic rings. The maximum atomic E-state index is 10.8. The van der Waals surface area contributed by atoms with Gasteiger partial charge in [0, 0.05) is 12.2 Å². The summed E-state index contributed by atoms with van der Waals surface area (Å²) >= 11 is 0. The monoisotopic (exact) mass is 172 g/mol. The number of rotatable bonds is 5. The number of ether oxygens (including phenoxy) is 1. The van der Waals surface area contributed by atoms with Crippen molar-refractivity contribution in [2.45, 2.75) is 20.3 Å². The minimum Gasteiger partial charge on any atom is -0.462 e. The maximum Gasteiger partial charge on any atom is 0.333 e. The molecule has 0 bridgehead atoms. The van der Waals surface area contributed by atoms with E-state index in [1.807, 2.05) is 6.92 Å². The van der Waals surface area contributed by atoms with Crippen molar-refractivity contribution in [2.75, 3.05) is 13.2 Å². The minimum atomic E-state index is -0.361. The molecule has 1 N–H and O–H groups in total. The summed E-state index contributed by atoms with van der Waals surface area (Å²) in [5.41, 5.74) is 0.409. The van der Waals surface area contributed by atoms with Crippen LogP contribution in [0.2, 0.25) is 0 Å². The molecule has 70 valence electrons. The summed E-state index contributed by atoms with van der Waals surface area (Å²) in [6.07, 6.45) is 0.690. The number of hydrogen-bond donors (Lipinski definition) is 1. The van der Waals surface area contributed by atoms with Gasteiger partial charge in [0.15, 0.2) is 0 Å². The second-order valence-corrected chi connectivity index (χ2v) is 2.99. The Labute approximate surface area is 73.0 Å². The highest BCUT2D eigenvalue weighted by atomic mass is 16.5. The SMILES string of the molecule is C=C(C)C(=O)OCCC(C)CO. The Bertz CT molecular complexity index is 163. The Morgan fingerprint density at radius 1 is 1.67 bits per heavy atom. The Hall–Kier alpha value is -0.830. The fourth-order valence-electron chi connectivity index (χ4n) is 0.567. The predicted molar refractivity (Wildman–Crippen MR) is 46.6 cm³/mol. The smallest absolute Gasteiger partial charge is 0.333 e. The van der Waals surface area contributed by atoms with Gasteiger partial charge in [-0.25, -0.2) is 4.79 Å². The number of carbonyl (C=O) groups is 1. The van der Waals surface area contributed by atoms with Crippen molar-refractivity contribution >= 4 is 5.97 Å². The molecule has 3 nitrogen and oxygen atoms in total. The van der Waals surface area contributed by atoms with Gasteiger partial charge in [0.05, 0.1) is 6.61 Å². The van der Waals surface area contributed by atoms with E-state index in [0.717, 1.165) is 0 Å². The van der Waals surface area contributed by atoms with E-state index in [1.54, 1.807) is 6.92 Å². The van der Waals surface area contributed by atoms with Crippen LogP contribution in [-0.2, 0) is 9.53 Å². The number of aliphatic hydroxyl groups excluding tert-OH is 1. The van der Waals surface area contributed by atoms with Crippen LogP contribution in [0.3, 0.4) is 0 Å². The second-order valence-electron chi connectivity index (χ2n) is 2.99. The van der Waals surface area contributed by atoms with Crippen molar-refractivity contribution in [3.8, 4) is 0 Å². The van der Waals surface area contributed by atoms with Gasteiger partial charge < -0.3 is 9.84 Å². The summed E-state index contributed by atoms with van der Waals surface area (Å²) < 4.78 is 4.83. The molecule has 3 heteroatoms. The molecule has 1 atom stereocenters. The van der Waals surface area contributed by atoms with Crippen LogP contribution < -0.4 is 0 Å². The Morgan fingerprint density at radius 2 is 2.25 bits per heavy atom. The van der Waals surface area contributed by atoms with Crippen molar-refractivity contribution in [3.05, 3.63) is 12.2 Å². The molecule has 0 saturated heterocycles. The molecule has 0 radical (unpaired) electrons. The van der Waals surface area contributed by atoms with Crippen LogP contribution in [-0.4, -0.2) is 24.3 Å². The molecular weight excluding hydrogens is 156 g/mol. The first-order valence-corrected chi connectivity index (χ1v) is 4.01. The van der Waals surface area contributed by atoms with Crippen LogP contribution in [0.4, 0.5) is 0 Å². The lowest BCUT2D eigenvalue weighted by molar-refractivity contribution is -0.139. The fraction of sp³-hybridized carbons (Fsp3) is 0.667. The van der Waals surface area contributed by atoms with E-state index in [2.05, 4.69) is 6.58 Å². The lowest BCUT2D eigenvalue weighted by atomic mass is 10.1. The Kier molecular flexibility index (Phi) is 5.37. The molecule has 0 heterocycles. The molecular formula is C9H16O3. The molecule has 0 saturated carbocycles. The van der Waals surface area contributed by atoms with Gasteiger partial charge >= 0.3 is 5.97 Å². The van der Waals surface area contributed by atoms with Gasteiger partial charge in [0.2, 0.25) is 0 Å². The van der Waals surface area contributed by atoms with E-state index in [4.69, 9.17) is 9.84 Å². The summed E-state index contributed by atoms with van der Waals surface area (Å²) in [7, 11) is 0. The quantitative estimate of drug-likeness (QED) is 0.499. The van der Waals surface area contributed by atoms with Crippen molar-refractivity contribution < 1.29 is 14.6 Å². The molecule has 0 aliphatic heterocycles. The molecule has 0 amide bonds. The maximum absolute atomic E-state index is 10.8. The van der Waals surface area contributed by atoms with Crippen LogP contribution >= 0.6 is 0 Å². The van der Waals surface area contributed by atoms with E-state index in [0.29, 0.717) is 18.6 Å². The zero-order valence-corrected chi connectivity index (χ0v) is 7.67. The first-order valence-electron chi connectivity index (χ1n) is 4.01. The van der Waals surface area contributed by atoms with Crippen molar-refractivity contribution in [2.24, 2.45) is 5.92 Å². The summed E-state index contributed by atoms with van der Waals surface area (Å²) in [5, 5.41) is 8.65. The topological polar surface area (TPSA) is 46.5 Å². The molecule has 0 aromatic heterocycles. The summed E-state index contributed by atoms with van der Waals surface area (Å²) in [5.74, 6) is -0.178. The van der Waals surface area contributed by atoms with Gasteiger partial charge in [-0.15, -0.1) is 0 Å². The van der Waals surface area contributed by atoms with Crippen LogP contribution in [0, 0.1) is 5.92 Å². The molecule has 12 heavy (non-hydrogen) atoms. The molecule has 0 fully saturated rings. The Morgan fingerprint density at radius 3 is 2.67 bits per heavy atom. The first kappa shape index (κ1) is 11.2. The van der Waals surface area contributed by atoms with Gasteiger partial charge in [-0.1, -0.05) is 13.5 Å². The first-order chi connectivity index (χ1) is 5.57. The molecule has 0 aliphatic rings. The minimum absolute atomic E-state index is 0.130. The van der Waals surface area contributed by atoms with E-state index in [1.165, 1.54) is 0 Å². The highest BCUT2D eigenvalue weighted by Gasteiger charge is 2.04. The molecule has 1 unspecified atom stereocenters. The highest BCUT2D eigenvalue weighted by Crippen LogP contribution is 2.01. The number of hydrogen-bond acceptors (Lipinski definition) is 3. The third kappa shape index (κ3) is 4.91. The highest BCUT2D eigenvalue weighted by molar-refractivity contribution is 5.86. The number of esters is 1. The standard InChI is InChI=1S/C9H16O3/c1-7(2)9(11)12-5-4-8(3)6-10/h8,10H,1,4-6H2,2-3H3. The summed E-state index contributed by atoms with van der Waals surface area (Å²) in [6.45, 7) is 7.44. The third-order valence-electron chi connectivity index (χ3n) is 1.50. The molecule has 0 aliphatic carbocycles. The van der Waals surface area contributed by atoms with Gasteiger partial charge in [0.25, 0.3) is 0 Å². The third-order valence-corrected chi connectivity index (χ3v) is 1.50. The zero-order valence-electron chi connectivity index (χ0n) is 7.67. The van der Waals surface area contributed by atoms with Crippen LogP contribution in [0.15, 0.2) is 12.2 Å². The summed E-state index contributed by atoms with van der Waals surface area (Å²) in [6, 6.07) is 0. The average molecular weight is 172 g/mol. The lowest BCUT2D eigenvalue weighted by Gasteiger charge is -2.07. The largest absolute Gasteiger partial charge is 0.462 e. The average Bonchev–Trinajstić information content (AvgIpc) is 2.03. The van der Waals surface area contributed by atoms with Crippen molar-refractivity contribution in [3.63, 3.8) is 0 Å². The summed E-state index contributed by atoms with van der Waals surface area (Å²) in [4.78, 5) is 10.8.